The summed E-state index contributed by atoms with van der Waals surface area (Å²) in [7, 11) is 0. The smallest absolute Gasteiger partial charge is 0.224 e. The quantitative estimate of drug-likeness (QED) is 0.291. The van der Waals surface area contributed by atoms with Crippen LogP contribution in [-0.2, 0) is 16.0 Å². The number of hydrogen-bond donors (Lipinski definition) is 3. The predicted octanol–water partition coefficient (Wildman–Crippen LogP) is 7.10. The molecule has 0 aliphatic heterocycles. The standard InChI is InChI=1S/C23H26N2OS.C8H15NO/c1-23(2,3)25-27-21-14-8-11-18-19(21)12-7-13-20(18)24-22(26)16-15-17-9-5-4-6-10-17;1-6-2-4-7(5-3-6)8(9)10/h4-14,25H,15-16H2,1-3H3,(H,24,26);6-7H,2-5H2,1H3,(H2,9,10). The van der Waals surface area contributed by atoms with Gasteiger partial charge in [0, 0.05) is 33.8 Å². The molecule has 2 amide bonds. The van der Waals surface area contributed by atoms with Crippen molar-refractivity contribution in [2.45, 2.75) is 76.7 Å². The average molecular weight is 520 g/mol. The first-order valence-corrected chi connectivity index (χ1v) is 14.0. The van der Waals surface area contributed by atoms with E-state index >= 15 is 0 Å². The van der Waals surface area contributed by atoms with Crippen molar-refractivity contribution in [1.29, 1.82) is 0 Å². The largest absolute Gasteiger partial charge is 0.369 e. The van der Waals surface area contributed by atoms with Gasteiger partial charge >= 0.3 is 0 Å². The van der Waals surface area contributed by atoms with Gasteiger partial charge in [0.05, 0.1) is 0 Å². The summed E-state index contributed by atoms with van der Waals surface area (Å²) < 4.78 is 3.46. The number of benzene rings is 3. The normalized spacial score (nSPS) is 17.5. The molecule has 5 nitrogen and oxygen atoms in total. The van der Waals surface area contributed by atoms with Gasteiger partial charge in [0.25, 0.3) is 0 Å². The highest BCUT2D eigenvalue weighted by molar-refractivity contribution is 7.97. The molecule has 0 atom stereocenters. The highest BCUT2D eigenvalue weighted by Crippen LogP contribution is 2.32. The summed E-state index contributed by atoms with van der Waals surface area (Å²) in [5.74, 6) is 0.913. The summed E-state index contributed by atoms with van der Waals surface area (Å²) in [6.45, 7) is 8.66. The lowest BCUT2D eigenvalue weighted by Crippen LogP contribution is -2.29. The minimum atomic E-state index is -0.105. The van der Waals surface area contributed by atoms with Gasteiger partial charge in [0.15, 0.2) is 0 Å². The second-order valence-electron chi connectivity index (χ2n) is 11.0. The van der Waals surface area contributed by atoms with E-state index in [4.69, 9.17) is 5.73 Å². The number of nitrogens with two attached hydrogens (primary N) is 1. The Bertz CT molecular complexity index is 1170. The van der Waals surface area contributed by atoms with Crippen LogP contribution in [0, 0.1) is 11.8 Å². The molecule has 37 heavy (non-hydrogen) atoms. The first-order chi connectivity index (χ1) is 17.6. The number of carbonyl (C=O) groups excluding carboxylic acids is 2. The van der Waals surface area contributed by atoms with Crippen LogP contribution in [-0.4, -0.2) is 17.4 Å². The lowest BCUT2D eigenvalue weighted by Gasteiger charge is -2.23. The Morgan fingerprint density at radius 2 is 1.54 bits per heavy atom. The van der Waals surface area contributed by atoms with E-state index in [1.165, 1.54) is 18.4 Å². The third kappa shape index (κ3) is 9.52. The van der Waals surface area contributed by atoms with Gasteiger partial charge in [-0.25, -0.2) is 0 Å². The molecule has 0 radical (unpaired) electrons. The van der Waals surface area contributed by atoms with Crippen molar-refractivity contribution in [2.75, 3.05) is 5.32 Å². The first-order valence-electron chi connectivity index (χ1n) is 13.2. The fourth-order valence-electron chi connectivity index (χ4n) is 4.35. The highest BCUT2D eigenvalue weighted by atomic mass is 32.2. The Kier molecular flexibility index (Phi) is 10.6. The van der Waals surface area contributed by atoms with Crippen molar-refractivity contribution < 1.29 is 9.59 Å². The number of hydrogen-bond acceptors (Lipinski definition) is 4. The van der Waals surface area contributed by atoms with E-state index in [9.17, 15) is 9.59 Å². The third-order valence-corrected chi connectivity index (χ3v) is 7.82. The van der Waals surface area contributed by atoms with E-state index in [2.05, 4.69) is 68.1 Å². The molecule has 0 bridgehead atoms. The second kappa shape index (κ2) is 13.6. The fourth-order valence-corrected chi connectivity index (χ4v) is 5.20. The minimum Gasteiger partial charge on any atom is -0.369 e. The molecule has 6 heteroatoms. The molecule has 0 aromatic heterocycles. The van der Waals surface area contributed by atoms with Gasteiger partial charge in [-0.15, -0.1) is 0 Å². The maximum atomic E-state index is 12.4. The van der Waals surface area contributed by atoms with E-state index in [1.54, 1.807) is 11.9 Å². The summed E-state index contributed by atoms with van der Waals surface area (Å²) in [5.41, 5.74) is 7.24. The van der Waals surface area contributed by atoms with Crippen LogP contribution in [0.25, 0.3) is 10.8 Å². The second-order valence-corrected chi connectivity index (χ2v) is 11.9. The molecule has 3 aromatic rings. The number of anilines is 1. The van der Waals surface area contributed by atoms with Crippen molar-refractivity contribution in [3.63, 3.8) is 0 Å². The van der Waals surface area contributed by atoms with Crippen LogP contribution < -0.4 is 15.8 Å². The van der Waals surface area contributed by atoms with Crippen LogP contribution in [0.5, 0.6) is 0 Å². The number of primary amides is 1. The van der Waals surface area contributed by atoms with Crippen molar-refractivity contribution in [2.24, 2.45) is 17.6 Å². The van der Waals surface area contributed by atoms with Crippen LogP contribution in [0.3, 0.4) is 0 Å². The third-order valence-electron chi connectivity index (χ3n) is 6.53. The van der Waals surface area contributed by atoms with E-state index < -0.39 is 0 Å². The fraction of sp³-hybridized carbons (Fsp3) is 0.419. The Balaban J connectivity index is 0.000000319. The highest BCUT2D eigenvalue weighted by Gasteiger charge is 2.21. The molecule has 0 saturated heterocycles. The summed E-state index contributed by atoms with van der Waals surface area (Å²) in [4.78, 5) is 24.3. The van der Waals surface area contributed by atoms with Gasteiger partial charge in [-0.05, 0) is 93.8 Å². The predicted molar refractivity (Wildman–Crippen MR) is 156 cm³/mol. The number of carbonyl (C=O) groups is 2. The van der Waals surface area contributed by atoms with Crippen molar-refractivity contribution in [3.8, 4) is 0 Å². The lowest BCUT2D eigenvalue weighted by molar-refractivity contribution is -0.123. The number of aryl methyl sites for hydroxylation is 1. The molecular formula is C31H41N3O2S. The maximum Gasteiger partial charge on any atom is 0.224 e. The van der Waals surface area contributed by atoms with Gasteiger partial charge in [-0.1, -0.05) is 61.5 Å². The van der Waals surface area contributed by atoms with Crippen molar-refractivity contribution in [3.05, 3.63) is 72.3 Å². The van der Waals surface area contributed by atoms with Crippen LogP contribution in [0.2, 0.25) is 0 Å². The molecule has 1 fully saturated rings. The zero-order valence-corrected chi connectivity index (χ0v) is 23.4. The summed E-state index contributed by atoms with van der Waals surface area (Å²) in [6.07, 6.45) is 5.59. The molecule has 0 spiro atoms. The molecule has 4 rings (SSSR count). The molecule has 1 aliphatic carbocycles. The van der Waals surface area contributed by atoms with Crippen LogP contribution in [0.1, 0.15) is 65.4 Å². The Labute approximate surface area is 226 Å². The number of nitrogens with one attached hydrogen (secondary N) is 2. The topological polar surface area (TPSA) is 84.2 Å². The zero-order valence-electron chi connectivity index (χ0n) is 22.6. The Hall–Kier alpha value is -2.83. The summed E-state index contributed by atoms with van der Waals surface area (Å²) in [6, 6.07) is 22.4. The SMILES string of the molecule is CC(C)(C)NSc1cccc2c(NC(=O)CCc3ccccc3)cccc12.CC1CCC(C(N)=O)CC1. The average Bonchev–Trinajstić information content (AvgIpc) is 2.87. The lowest BCUT2D eigenvalue weighted by atomic mass is 9.83. The monoisotopic (exact) mass is 519 g/mol. The van der Waals surface area contributed by atoms with Gasteiger partial charge < -0.3 is 11.1 Å². The van der Waals surface area contributed by atoms with Gasteiger partial charge in [-0.2, -0.15) is 0 Å². The molecule has 198 valence electrons. The molecule has 0 heterocycles. The van der Waals surface area contributed by atoms with E-state index in [-0.39, 0.29) is 23.3 Å². The van der Waals surface area contributed by atoms with Crippen LogP contribution in [0.15, 0.2) is 71.6 Å². The van der Waals surface area contributed by atoms with Crippen LogP contribution >= 0.6 is 11.9 Å². The van der Waals surface area contributed by atoms with Gasteiger partial charge in [0.1, 0.15) is 0 Å². The summed E-state index contributed by atoms with van der Waals surface area (Å²) in [5, 5.41) is 5.29. The van der Waals surface area contributed by atoms with Gasteiger partial charge in [-0.3, -0.25) is 14.3 Å². The minimum absolute atomic E-state index is 0.0239. The van der Waals surface area contributed by atoms with Crippen molar-refractivity contribution in [1.82, 2.24) is 4.72 Å². The molecule has 0 unspecified atom stereocenters. The van der Waals surface area contributed by atoms with E-state index in [0.717, 1.165) is 46.5 Å². The number of rotatable bonds is 7. The van der Waals surface area contributed by atoms with Crippen molar-refractivity contribution >= 4 is 40.2 Å². The Morgan fingerprint density at radius 3 is 2.19 bits per heavy atom. The molecule has 1 aliphatic rings. The van der Waals surface area contributed by atoms with E-state index in [1.807, 2.05) is 36.4 Å². The number of fused-ring (bicyclic) bond motifs is 1. The molecular weight excluding hydrogens is 478 g/mol. The molecule has 1 saturated carbocycles. The van der Waals surface area contributed by atoms with Crippen LogP contribution in [0.4, 0.5) is 5.69 Å². The molecule has 4 N–H and O–H groups in total. The summed E-state index contributed by atoms with van der Waals surface area (Å²) >= 11 is 1.63. The van der Waals surface area contributed by atoms with Gasteiger partial charge in [0.2, 0.25) is 11.8 Å². The maximum absolute atomic E-state index is 12.4. The first kappa shape index (κ1) is 28.7. The van der Waals surface area contributed by atoms with E-state index in [0.29, 0.717) is 6.42 Å². The molecule has 3 aromatic carbocycles. The number of amides is 2. The Morgan fingerprint density at radius 1 is 0.892 bits per heavy atom. The zero-order chi connectivity index (χ0) is 26.8.